The van der Waals surface area contributed by atoms with Gasteiger partial charge in [0.05, 0.1) is 12.6 Å². The molecule has 2 N–H and O–H groups in total. The number of carbonyl (C=O) groups is 2. The topological polar surface area (TPSA) is 88.1 Å². The molecule has 144 valence electrons. The zero-order chi connectivity index (χ0) is 19.2. The van der Waals surface area contributed by atoms with Gasteiger partial charge in [-0.3, -0.25) is 0 Å². The Morgan fingerprint density at radius 2 is 1.92 bits per heavy atom. The van der Waals surface area contributed by atoms with Gasteiger partial charge in [-0.25, -0.2) is 9.59 Å². The summed E-state index contributed by atoms with van der Waals surface area (Å²) in [6.45, 7) is 5.68. The van der Waals surface area contributed by atoms with E-state index in [1.54, 1.807) is 20.8 Å². The molecule has 26 heavy (non-hydrogen) atoms. The number of piperidine rings is 1. The molecule has 0 bridgehead atoms. The summed E-state index contributed by atoms with van der Waals surface area (Å²) in [5.74, 6) is 0. The highest BCUT2D eigenvalue weighted by molar-refractivity contribution is 5.70. The molecule has 0 aromatic heterocycles. The maximum atomic E-state index is 12.4. The third-order valence-electron chi connectivity index (χ3n) is 4.08. The molecule has 1 aliphatic heterocycles. The van der Waals surface area contributed by atoms with Crippen molar-refractivity contribution in [2.45, 2.75) is 57.9 Å². The third kappa shape index (κ3) is 6.22. The van der Waals surface area contributed by atoms with Crippen LogP contribution in [0, 0.1) is 0 Å². The Morgan fingerprint density at radius 3 is 2.54 bits per heavy atom. The number of likely N-dealkylation sites (tertiary alicyclic amines) is 1. The molecule has 1 aromatic carbocycles. The number of ether oxygens (including phenoxy) is 2. The molecular weight excluding hydrogens is 336 g/mol. The van der Waals surface area contributed by atoms with E-state index in [1.165, 1.54) is 4.90 Å². The van der Waals surface area contributed by atoms with E-state index in [0.717, 1.165) is 5.56 Å². The van der Waals surface area contributed by atoms with Crippen molar-refractivity contribution in [2.24, 2.45) is 0 Å². The molecule has 0 saturated carbocycles. The van der Waals surface area contributed by atoms with Crippen molar-refractivity contribution < 1.29 is 24.2 Å². The van der Waals surface area contributed by atoms with Crippen LogP contribution in [0.2, 0.25) is 0 Å². The Bertz CT molecular complexity index is 600. The number of hydrogen-bond acceptors (Lipinski definition) is 5. The molecule has 0 spiro atoms. The van der Waals surface area contributed by atoms with Gasteiger partial charge in [-0.1, -0.05) is 30.3 Å². The van der Waals surface area contributed by atoms with Crippen LogP contribution in [0.15, 0.2) is 30.3 Å². The van der Waals surface area contributed by atoms with Crippen molar-refractivity contribution >= 4 is 12.2 Å². The minimum Gasteiger partial charge on any atom is -0.445 e. The summed E-state index contributed by atoms with van der Waals surface area (Å²) in [5, 5.41) is 12.3. The average Bonchev–Trinajstić information content (AvgIpc) is 2.58. The lowest BCUT2D eigenvalue weighted by Gasteiger charge is -2.38. The molecule has 2 atom stereocenters. The van der Waals surface area contributed by atoms with E-state index in [4.69, 9.17) is 9.47 Å². The molecule has 0 radical (unpaired) electrons. The lowest BCUT2D eigenvalue weighted by atomic mass is 9.99. The van der Waals surface area contributed by atoms with Gasteiger partial charge in [0.1, 0.15) is 12.2 Å². The summed E-state index contributed by atoms with van der Waals surface area (Å²) in [7, 11) is 0. The van der Waals surface area contributed by atoms with Gasteiger partial charge < -0.3 is 24.8 Å². The van der Waals surface area contributed by atoms with Crippen LogP contribution in [0.1, 0.15) is 39.2 Å². The van der Waals surface area contributed by atoms with Gasteiger partial charge in [-0.15, -0.1) is 0 Å². The van der Waals surface area contributed by atoms with Gasteiger partial charge in [0.25, 0.3) is 0 Å². The van der Waals surface area contributed by atoms with Crippen molar-refractivity contribution in [3.05, 3.63) is 35.9 Å². The first-order valence-electron chi connectivity index (χ1n) is 8.86. The Kier molecular flexibility index (Phi) is 6.85. The fraction of sp³-hybridized carbons (Fsp3) is 0.579. The van der Waals surface area contributed by atoms with Crippen molar-refractivity contribution in [1.29, 1.82) is 0 Å². The predicted molar refractivity (Wildman–Crippen MR) is 96.6 cm³/mol. The molecular formula is C19H28N2O5. The second-order valence-electron chi connectivity index (χ2n) is 7.45. The van der Waals surface area contributed by atoms with Crippen molar-refractivity contribution in [1.82, 2.24) is 10.2 Å². The number of nitrogens with zero attached hydrogens (tertiary/aromatic N) is 1. The third-order valence-corrected chi connectivity index (χ3v) is 4.08. The van der Waals surface area contributed by atoms with Crippen molar-refractivity contribution in [3.8, 4) is 0 Å². The van der Waals surface area contributed by atoms with Gasteiger partial charge >= 0.3 is 12.2 Å². The second kappa shape index (κ2) is 8.89. The molecule has 1 fully saturated rings. The Labute approximate surface area is 154 Å². The first kappa shape index (κ1) is 20.0. The number of benzene rings is 1. The minimum atomic E-state index is -0.583. The SMILES string of the molecule is CC(C)(C)OC(=O)NC1CCC(CO)N(C(=O)OCc2ccccc2)C1. The van der Waals surface area contributed by atoms with Gasteiger partial charge in [0, 0.05) is 12.6 Å². The van der Waals surface area contributed by atoms with Crippen LogP contribution in [0.4, 0.5) is 9.59 Å². The van der Waals surface area contributed by atoms with Gasteiger partial charge in [0.2, 0.25) is 0 Å². The number of rotatable bonds is 4. The molecule has 7 nitrogen and oxygen atoms in total. The number of nitrogens with one attached hydrogen (secondary N) is 1. The van der Waals surface area contributed by atoms with Crippen LogP contribution in [-0.2, 0) is 16.1 Å². The highest BCUT2D eigenvalue weighted by Crippen LogP contribution is 2.19. The van der Waals surface area contributed by atoms with E-state index in [2.05, 4.69) is 5.32 Å². The fourth-order valence-electron chi connectivity index (χ4n) is 2.83. The lowest BCUT2D eigenvalue weighted by Crippen LogP contribution is -2.55. The molecule has 1 heterocycles. The maximum absolute atomic E-state index is 12.4. The Morgan fingerprint density at radius 1 is 1.23 bits per heavy atom. The normalized spacial score (nSPS) is 20.4. The van der Waals surface area contributed by atoms with Crippen LogP contribution in [0.25, 0.3) is 0 Å². The summed E-state index contributed by atoms with van der Waals surface area (Å²) >= 11 is 0. The van der Waals surface area contributed by atoms with E-state index in [1.807, 2.05) is 30.3 Å². The van der Waals surface area contributed by atoms with Gasteiger partial charge in [-0.05, 0) is 39.2 Å². The van der Waals surface area contributed by atoms with Crippen LogP contribution in [-0.4, -0.2) is 53.0 Å². The van der Waals surface area contributed by atoms with Gasteiger partial charge in [0.15, 0.2) is 0 Å². The smallest absolute Gasteiger partial charge is 0.410 e. The zero-order valence-corrected chi connectivity index (χ0v) is 15.6. The van der Waals surface area contributed by atoms with E-state index in [-0.39, 0.29) is 31.8 Å². The molecule has 1 aromatic rings. The molecule has 1 saturated heterocycles. The highest BCUT2D eigenvalue weighted by atomic mass is 16.6. The van der Waals surface area contributed by atoms with Crippen LogP contribution >= 0.6 is 0 Å². The van der Waals surface area contributed by atoms with E-state index in [9.17, 15) is 14.7 Å². The summed E-state index contributed by atoms with van der Waals surface area (Å²) in [5.41, 5.74) is 0.308. The molecule has 0 aliphatic carbocycles. The molecule has 1 aliphatic rings. The van der Waals surface area contributed by atoms with Crippen molar-refractivity contribution in [2.75, 3.05) is 13.2 Å². The summed E-state index contributed by atoms with van der Waals surface area (Å²) in [4.78, 5) is 25.9. The Hall–Kier alpha value is -2.28. The molecule has 2 unspecified atom stereocenters. The van der Waals surface area contributed by atoms with E-state index < -0.39 is 17.8 Å². The van der Waals surface area contributed by atoms with Gasteiger partial charge in [-0.2, -0.15) is 0 Å². The first-order valence-corrected chi connectivity index (χ1v) is 8.86. The zero-order valence-electron chi connectivity index (χ0n) is 15.6. The first-order chi connectivity index (χ1) is 12.3. The standard InChI is InChI=1S/C19H28N2O5/c1-19(2,3)26-17(23)20-15-9-10-16(12-22)21(11-15)18(24)25-13-14-7-5-4-6-8-14/h4-8,15-16,22H,9-13H2,1-3H3,(H,20,23). The summed E-state index contributed by atoms with van der Waals surface area (Å²) < 4.78 is 10.6. The Balaban J connectivity index is 1.91. The van der Waals surface area contributed by atoms with Crippen LogP contribution in [0.5, 0.6) is 0 Å². The molecule has 2 amide bonds. The largest absolute Gasteiger partial charge is 0.445 e. The number of hydrogen-bond donors (Lipinski definition) is 2. The quantitative estimate of drug-likeness (QED) is 0.858. The average molecular weight is 364 g/mol. The molecule has 2 rings (SSSR count). The number of alkyl carbamates (subject to hydrolysis) is 1. The lowest BCUT2D eigenvalue weighted by molar-refractivity contribution is 0.0302. The van der Waals surface area contributed by atoms with Crippen molar-refractivity contribution in [3.63, 3.8) is 0 Å². The van der Waals surface area contributed by atoms with E-state index in [0.29, 0.717) is 12.8 Å². The fourth-order valence-corrected chi connectivity index (χ4v) is 2.83. The van der Waals surface area contributed by atoms with E-state index >= 15 is 0 Å². The number of aliphatic hydroxyl groups is 1. The number of aliphatic hydroxyl groups excluding tert-OH is 1. The van der Waals surface area contributed by atoms with Crippen LogP contribution in [0.3, 0.4) is 0 Å². The minimum absolute atomic E-state index is 0.139. The maximum Gasteiger partial charge on any atom is 0.410 e. The monoisotopic (exact) mass is 364 g/mol. The number of amides is 2. The molecule has 7 heteroatoms. The highest BCUT2D eigenvalue weighted by Gasteiger charge is 2.33. The summed E-state index contributed by atoms with van der Waals surface area (Å²) in [6, 6.07) is 8.85. The van der Waals surface area contributed by atoms with Crippen LogP contribution < -0.4 is 5.32 Å². The number of carbonyl (C=O) groups excluding carboxylic acids is 2. The summed E-state index contributed by atoms with van der Waals surface area (Å²) in [6.07, 6.45) is 0.232. The predicted octanol–water partition coefficient (Wildman–Crippen LogP) is 2.67. The second-order valence-corrected chi connectivity index (χ2v) is 7.45.